The van der Waals surface area contributed by atoms with Crippen LogP contribution in [0.1, 0.15) is 24.3 Å². The molecule has 0 saturated carbocycles. The minimum absolute atomic E-state index is 0.00119. The largest absolute Gasteiger partial charge is 0.507 e. The number of carbonyl (C=O) groups is 1. The molecule has 3 heterocycles. The van der Waals surface area contributed by atoms with Crippen LogP contribution in [0, 0.1) is 5.82 Å². The van der Waals surface area contributed by atoms with E-state index >= 15 is 0 Å². The lowest BCUT2D eigenvalue weighted by Crippen LogP contribution is -2.61. The highest BCUT2D eigenvalue weighted by Gasteiger charge is 2.47. The molecule has 0 bridgehead atoms. The second-order valence-corrected chi connectivity index (χ2v) is 9.01. The van der Waals surface area contributed by atoms with Gasteiger partial charge in [0.2, 0.25) is 5.91 Å². The van der Waals surface area contributed by atoms with Crippen LogP contribution in [-0.4, -0.2) is 78.6 Å². The molecule has 5 rings (SSSR count). The third-order valence-electron chi connectivity index (χ3n) is 6.59. The number of piperidine rings is 1. The summed E-state index contributed by atoms with van der Waals surface area (Å²) in [5.41, 5.74) is 3.12. The minimum atomic E-state index is -1.65. The van der Waals surface area contributed by atoms with Crippen LogP contribution in [0.15, 0.2) is 42.5 Å². The first kappa shape index (κ1) is 21.5. The van der Waals surface area contributed by atoms with Crippen LogP contribution in [-0.2, 0) is 4.79 Å². The molecule has 0 aromatic heterocycles. The lowest BCUT2D eigenvalue weighted by atomic mass is 9.48. The Balaban J connectivity index is 1.33. The van der Waals surface area contributed by atoms with Crippen molar-refractivity contribution in [1.82, 2.24) is 4.90 Å². The lowest BCUT2D eigenvalue weighted by Gasteiger charge is -2.50. The number of fused-ring (bicyclic) bond motifs is 3. The fourth-order valence-corrected chi connectivity index (χ4v) is 5.30. The number of likely N-dealkylation sites (tertiary alicyclic amines) is 1. The number of nitrogens with one attached hydrogen (secondary N) is 1. The van der Waals surface area contributed by atoms with Crippen molar-refractivity contribution in [3.05, 3.63) is 53.8 Å². The highest BCUT2D eigenvalue weighted by Crippen LogP contribution is 2.50. The molecule has 10 heteroatoms. The van der Waals surface area contributed by atoms with E-state index in [2.05, 4.69) is 16.3 Å². The molecule has 3 aliphatic rings. The van der Waals surface area contributed by atoms with Crippen molar-refractivity contribution >= 4 is 48.7 Å². The van der Waals surface area contributed by atoms with Gasteiger partial charge in [-0.1, -0.05) is 17.5 Å². The first-order valence-corrected chi connectivity index (χ1v) is 10.7. The predicted molar refractivity (Wildman–Crippen MR) is 125 cm³/mol. The van der Waals surface area contributed by atoms with Gasteiger partial charge in [-0.25, -0.2) is 4.39 Å². The van der Waals surface area contributed by atoms with Crippen LogP contribution in [0.3, 0.4) is 0 Å². The zero-order chi connectivity index (χ0) is 22.7. The van der Waals surface area contributed by atoms with Gasteiger partial charge in [0.15, 0.2) is 0 Å². The highest BCUT2D eigenvalue weighted by molar-refractivity contribution is 6.44. The van der Waals surface area contributed by atoms with Crippen LogP contribution < -0.4 is 15.0 Å². The highest BCUT2D eigenvalue weighted by atomic mass is 19.1. The number of rotatable bonds is 5. The molecule has 8 radical (unpaired) electrons. The van der Waals surface area contributed by atoms with E-state index < -0.39 is 10.7 Å². The second-order valence-electron chi connectivity index (χ2n) is 9.01. The Labute approximate surface area is 192 Å². The SMILES string of the molecule is [B]C([B])(CC([B])([B])N1CC[C@H]2C(C1)c1cccc3c1N2CC(=O)N3)Oc1ccc(F)cc1. The Kier molecular flexibility index (Phi) is 5.12. The smallest absolute Gasteiger partial charge is 0.243 e. The van der Waals surface area contributed by atoms with Gasteiger partial charge in [-0.15, -0.1) is 0 Å². The van der Waals surface area contributed by atoms with E-state index in [-0.39, 0.29) is 30.1 Å². The van der Waals surface area contributed by atoms with Crippen molar-refractivity contribution in [2.24, 2.45) is 0 Å². The van der Waals surface area contributed by atoms with Crippen molar-refractivity contribution in [3.63, 3.8) is 0 Å². The lowest BCUT2D eigenvalue weighted by molar-refractivity contribution is -0.115. The summed E-state index contributed by atoms with van der Waals surface area (Å²) in [5, 5.41) is -0.0107. The van der Waals surface area contributed by atoms with E-state index in [0.717, 1.165) is 17.8 Å². The molecular weight excluding hydrogens is 401 g/mol. The molecule has 1 unspecified atom stereocenters. The first-order chi connectivity index (χ1) is 15.1. The molecular formula is C22H20B4FN3O2. The summed E-state index contributed by atoms with van der Waals surface area (Å²) < 4.78 is 18.8. The van der Waals surface area contributed by atoms with Gasteiger partial charge >= 0.3 is 0 Å². The first-order valence-electron chi connectivity index (χ1n) is 10.7. The quantitative estimate of drug-likeness (QED) is 0.739. The Bertz CT molecular complexity index is 1050. The molecule has 32 heavy (non-hydrogen) atoms. The van der Waals surface area contributed by atoms with E-state index in [4.69, 9.17) is 36.1 Å². The Morgan fingerprint density at radius 1 is 1.12 bits per heavy atom. The van der Waals surface area contributed by atoms with Crippen LogP contribution in [0.5, 0.6) is 5.75 Å². The summed E-state index contributed by atoms with van der Waals surface area (Å²) in [6, 6.07) is 11.6. The van der Waals surface area contributed by atoms with Gasteiger partial charge in [0.1, 0.15) is 27.3 Å². The molecule has 1 saturated heterocycles. The number of carbonyl (C=O) groups excluding carboxylic acids is 1. The average Bonchev–Trinajstić information content (AvgIpc) is 3.03. The van der Waals surface area contributed by atoms with Gasteiger partial charge in [-0.05, 0) is 55.3 Å². The monoisotopic (exact) mass is 421 g/mol. The molecule has 2 aromatic carbocycles. The topological polar surface area (TPSA) is 44.8 Å². The van der Waals surface area contributed by atoms with Gasteiger partial charge in [0, 0.05) is 23.9 Å². The standard InChI is InChI=1S/C22H20B4FN3O2/c23-21(24,12-22(25,26)32-14-6-4-13(27)5-7-14)29-9-8-18-16(10-29)15-2-1-3-17-20(15)30(18)11-19(31)28-17/h1-7,16,18H,8-12H2,(H,28,31)/t16?,18-/m0/s1. The molecule has 2 atom stereocenters. The molecule has 1 fully saturated rings. The zero-order valence-corrected chi connectivity index (χ0v) is 17.6. The van der Waals surface area contributed by atoms with E-state index in [1.165, 1.54) is 29.8 Å². The number of halogens is 1. The Morgan fingerprint density at radius 2 is 1.88 bits per heavy atom. The van der Waals surface area contributed by atoms with Crippen LogP contribution in [0.4, 0.5) is 15.8 Å². The molecule has 5 nitrogen and oxygen atoms in total. The summed E-state index contributed by atoms with van der Waals surface area (Å²) in [6.45, 7) is 1.58. The maximum Gasteiger partial charge on any atom is 0.243 e. The van der Waals surface area contributed by atoms with Gasteiger partial charge in [-0.2, -0.15) is 0 Å². The normalized spacial score (nSPS) is 22.8. The number of ether oxygens (including phenoxy) is 1. The number of hydrogen-bond acceptors (Lipinski definition) is 4. The number of benzene rings is 2. The molecule has 0 aliphatic carbocycles. The fraction of sp³-hybridized carbons (Fsp3) is 0.409. The maximum absolute atomic E-state index is 13.2. The average molecular weight is 421 g/mol. The molecule has 1 N–H and O–H groups in total. The van der Waals surface area contributed by atoms with Gasteiger partial charge in [0.05, 0.1) is 33.6 Å². The Morgan fingerprint density at radius 3 is 2.62 bits per heavy atom. The molecule has 1 amide bonds. The number of para-hydroxylation sites is 1. The van der Waals surface area contributed by atoms with E-state index in [9.17, 15) is 9.18 Å². The number of anilines is 2. The number of nitrogens with zero attached hydrogens (tertiary/aromatic N) is 2. The van der Waals surface area contributed by atoms with Gasteiger partial charge in [-0.3, -0.25) is 4.79 Å². The van der Waals surface area contributed by atoms with Crippen molar-refractivity contribution in [2.75, 3.05) is 29.9 Å². The van der Waals surface area contributed by atoms with E-state index in [0.29, 0.717) is 25.4 Å². The summed E-state index contributed by atoms with van der Waals surface area (Å²) >= 11 is 0. The van der Waals surface area contributed by atoms with Gasteiger partial charge in [0.25, 0.3) is 0 Å². The van der Waals surface area contributed by atoms with Crippen molar-refractivity contribution in [3.8, 4) is 5.75 Å². The predicted octanol–water partition coefficient (Wildman–Crippen LogP) is 1.21. The van der Waals surface area contributed by atoms with Crippen molar-refractivity contribution in [2.45, 2.75) is 35.5 Å². The molecule has 3 aliphatic heterocycles. The summed E-state index contributed by atoms with van der Waals surface area (Å²) in [6.07, 6.45) is 0.745. The van der Waals surface area contributed by atoms with Crippen LogP contribution in [0.2, 0.25) is 0 Å². The molecule has 154 valence electrons. The Hall–Kier alpha value is -2.34. The summed E-state index contributed by atoms with van der Waals surface area (Å²) in [5.74, 6) is 0.0932. The third-order valence-corrected chi connectivity index (χ3v) is 6.59. The number of amides is 1. The molecule has 0 spiro atoms. The van der Waals surface area contributed by atoms with Crippen molar-refractivity contribution in [1.29, 1.82) is 0 Å². The molecule has 2 aromatic rings. The van der Waals surface area contributed by atoms with Crippen LogP contribution in [0.25, 0.3) is 0 Å². The third kappa shape index (κ3) is 3.83. The van der Waals surface area contributed by atoms with E-state index in [1.807, 2.05) is 17.0 Å². The summed E-state index contributed by atoms with van der Waals surface area (Å²) in [7, 11) is 25.4. The second kappa shape index (κ2) is 7.62. The fourth-order valence-electron chi connectivity index (χ4n) is 5.30. The van der Waals surface area contributed by atoms with Crippen LogP contribution >= 0.6 is 0 Å². The number of hydrogen-bond donors (Lipinski definition) is 1. The minimum Gasteiger partial charge on any atom is -0.507 e. The van der Waals surface area contributed by atoms with Crippen molar-refractivity contribution < 1.29 is 13.9 Å². The summed E-state index contributed by atoms with van der Waals surface area (Å²) in [4.78, 5) is 16.4. The maximum atomic E-state index is 13.2. The zero-order valence-electron chi connectivity index (χ0n) is 17.6. The van der Waals surface area contributed by atoms with Gasteiger partial charge < -0.3 is 19.9 Å². The van der Waals surface area contributed by atoms with E-state index in [1.54, 1.807) is 0 Å².